The molecular weight excluding hydrogens is 602 g/mol. The van der Waals surface area contributed by atoms with Crippen LogP contribution in [0.1, 0.15) is 26.2 Å². The quantitative estimate of drug-likeness (QED) is 0.394. The van der Waals surface area contributed by atoms with Crippen molar-refractivity contribution in [2.75, 3.05) is 69.6 Å². The summed E-state index contributed by atoms with van der Waals surface area (Å²) in [5.41, 5.74) is 2.27. The minimum absolute atomic E-state index is 0.0976. The number of piperazine rings is 1. The van der Waals surface area contributed by atoms with E-state index < -0.39 is 0 Å². The minimum atomic E-state index is -0.167. The van der Waals surface area contributed by atoms with Crippen LogP contribution in [0.2, 0.25) is 0 Å². The summed E-state index contributed by atoms with van der Waals surface area (Å²) >= 11 is 6.38. The number of carbonyl (C=O) groups is 1. The van der Waals surface area contributed by atoms with Gasteiger partial charge in [-0.15, -0.1) is 5.10 Å². The van der Waals surface area contributed by atoms with Crippen LogP contribution < -0.4 is 10.2 Å². The average Bonchev–Trinajstić information content (AvgIpc) is 3.66. The number of fused-ring (bicyclic) bond motifs is 1. The standard InChI is InChI=1S/C33H42ClN11O/c1-24-5-6-25(34)18-28(24)33(9-10-35)22-43(23-33)29-4-3-11-45-31(29)38-32(39-45)37-26-19-36-44(20-26)21-30(46)42-12-7-27(8-13-42)41-16-14-40(2)15-17-41/h3-6,11,18-20,24,27-28H,7-9,12-17,21-23H2,1-2H3,(H,37,39). The number of rotatable bonds is 8. The van der Waals surface area contributed by atoms with Gasteiger partial charge in [0.25, 0.3) is 0 Å². The number of aromatic nitrogens is 5. The molecule has 1 amide bonds. The summed E-state index contributed by atoms with van der Waals surface area (Å²) in [6.45, 7) is 9.96. The Morgan fingerprint density at radius 3 is 2.72 bits per heavy atom. The number of hydrogen-bond acceptors (Lipinski definition) is 9. The Kier molecular flexibility index (Phi) is 8.48. The first kappa shape index (κ1) is 30.7. The van der Waals surface area contributed by atoms with Gasteiger partial charge in [-0.3, -0.25) is 14.4 Å². The first-order chi connectivity index (χ1) is 22.3. The highest BCUT2D eigenvalue weighted by Gasteiger charge is 2.50. The van der Waals surface area contributed by atoms with Gasteiger partial charge in [-0.2, -0.15) is 15.3 Å². The van der Waals surface area contributed by atoms with Crippen LogP contribution in [0.25, 0.3) is 5.65 Å². The predicted octanol–water partition coefficient (Wildman–Crippen LogP) is 3.57. The number of nitriles is 1. The molecule has 7 rings (SSSR count). The molecule has 0 spiro atoms. The highest BCUT2D eigenvalue weighted by molar-refractivity contribution is 6.31. The molecule has 4 aliphatic rings. The number of likely N-dealkylation sites (N-methyl/N-ethyl adjacent to an activating group) is 1. The van der Waals surface area contributed by atoms with Crippen molar-refractivity contribution >= 4 is 40.5 Å². The fourth-order valence-corrected chi connectivity index (χ4v) is 7.91. The fourth-order valence-electron chi connectivity index (χ4n) is 7.70. The normalized spacial score (nSPS) is 24.1. The number of halogens is 1. The summed E-state index contributed by atoms with van der Waals surface area (Å²) in [6.07, 6.45) is 14.1. The molecule has 12 nitrogen and oxygen atoms in total. The first-order valence-electron chi connectivity index (χ1n) is 16.3. The molecule has 3 saturated heterocycles. The molecule has 2 atom stereocenters. The van der Waals surface area contributed by atoms with E-state index in [1.807, 2.05) is 29.4 Å². The first-order valence-corrected chi connectivity index (χ1v) is 16.7. The molecule has 1 aliphatic carbocycles. The number of likely N-dealkylation sites (tertiary alicyclic amines) is 1. The second-order valence-electron chi connectivity index (χ2n) is 13.4. The number of carbonyl (C=O) groups excluding carboxylic acids is 1. The van der Waals surface area contributed by atoms with Crippen molar-refractivity contribution in [3.8, 4) is 6.07 Å². The van der Waals surface area contributed by atoms with E-state index in [0.29, 0.717) is 24.3 Å². The zero-order valence-electron chi connectivity index (χ0n) is 26.6. The highest BCUT2D eigenvalue weighted by Crippen LogP contribution is 2.49. The average molecular weight is 644 g/mol. The molecule has 6 heterocycles. The lowest BCUT2D eigenvalue weighted by Crippen LogP contribution is -2.61. The summed E-state index contributed by atoms with van der Waals surface area (Å²) in [4.78, 5) is 27.1. The van der Waals surface area contributed by atoms with E-state index in [4.69, 9.17) is 16.6 Å². The molecule has 3 aromatic heterocycles. The van der Waals surface area contributed by atoms with Gasteiger partial charge in [0, 0.05) is 87.7 Å². The van der Waals surface area contributed by atoms with Gasteiger partial charge in [0.05, 0.1) is 23.6 Å². The lowest BCUT2D eigenvalue weighted by molar-refractivity contribution is -0.133. The van der Waals surface area contributed by atoms with Gasteiger partial charge in [-0.25, -0.2) is 4.52 Å². The maximum absolute atomic E-state index is 13.1. The van der Waals surface area contributed by atoms with Gasteiger partial charge in [0.15, 0.2) is 5.65 Å². The van der Waals surface area contributed by atoms with Gasteiger partial charge in [0.1, 0.15) is 6.54 Å². The molecule has 1 N–H and O–H groups in total. The monoisotopic (exact) mass is 643 g/mol. The molecule has 0 radical (unpaired) electrons. The van der Waals surface area contributed by atoms with Gasteiger partial charge in [0.2, 0.25) is 11.9 Å². The van der Waals surface area contributed by atoms with Crippen LogP contribution in [0.15, 0.2) is 54.0 Å². The summed E-state index contributed by atoms with van der Waals surface area (Å²) < 4.78 is 3.44. The number of nitrogens with one attached hydrogen (secondary N) is 1. The Hall–Kier alpha value is -3.92. The van der Waals surface area contributed by atoms with E-state index >= 15 is 0 Å². The van der Waals surface area contributed by atoms with E-state index in [0.717, 1.165) is 87.3 Å². The Morgan fingerprint density at radius 2 is 1.96 bits per heavy atom. The van der Waals surface area contributed by atoms with Crippen molar-refractivity contribution in [3.63, 3.8) is 0 Å². The Labute approximate surface area is 274 Å². The Balaban J connectivity index is 0.964. The topological polar surface area (TPSA) is 114 Å². The number of anilines is 3. The van der Waals surface area contributed by atoms with Gasteiger partial charge >= 0.3 is 0 Å². The van der Waals surface area contributed by atoms with Crippen LogP contribution in [0.5, 0.6) is 0 Å². The van der Waals surface area contributed by atoms with E-state index in [1.165, 1.54) is 0 Å². The number of hydrogen-bond donors (Lipinski definition) is 1. The molecule has 0 aromatic carbocycles. The third-order valence-electron chi connectivity index (χ3n) is 10.4. The Morgan fingerprint density at radius 1 is 1.17 bits per heavy atom. The molecule has 242 valence electrons. The number of nitrogens with zero attached hydrogens (tertiary/aromatic N) is 10. The van der Waals surface area contributed by atoms with E-state index in [1.54, 1.807) is 15.4 Å². The maximum Gasteiger partial charge on any atom is 0.247 e. The van der Waals surface area contributed by atoms with Crippen molar-refractivity contribution in [1.29, 1.82) is 5.26 Å². The van der Waals surface area contributed by atoms with E-state index in [9.17, 15) is 10.1 Å². The van der Waals surface area contributed by atoms with E-state index in [2.05, 4.69) is 68.5 Å². The molecular formula is C33H42ClN11O. The minimum Gasteiger partial charge on any atom is -0.367 e. The lowest BCUT2D eigenvalue weighted by Gasteiger charge is -2.55. The van der Waals surface area contributed by atoms with Gasteiger partial charge in [-0.05, 0) is 49.9 Å². The second kappa shape index (κ2) is 12.7. The molecule has 2 unspecified atom stereocenters. The van der Waals surface area contributed by atoms with Crippen molar-refractivity contribution in [1.82, 2.24) is 39.1 Å². The zero-order chi connectivity index (χ0) is 31.8. The Bertz CT molecular complexity index is 1670. The zero-order valence-corrected chi connectivity index (χ0v) is 27.4. The molecule has 3 aliphatic heterocycles. The fraction of sp³-hybridized carbons (Fsp3) is 0.545. The largest absolute Gasteiger partial charge is 0.367 e. The van der Waals surface area contributed by atoms with Crippen molar-refractivity contribution in [2.45, 2.75) is 38.8 Å². The third-order valence-corrected chi connectivity index (χ3v) is 10.6. The van der Waals surface area contributed by atoms with Gasteiger partial charge < -0.3 is 20.0 Å². The number of piperidine rings is 1. The number of allylic oxidation sites excluding steroid dienone is 4. The van der Waals surface area contributed by atoms with E-state index in [-0.39, 0.29) is 23.8 Å². The van der Waals surface area contributed by atoms with Crippen LogP contribution in [-0.2, 0) is 11.3 Å². The van der Waals surface area contributed by atoms with Crippen LogP contribution in [0.3, 0.4) is 0 Å². The highest BCUT2D eigenvalue weighted by atomic mass is 35.5. The van der Waals surface area contributed by atoms with Crippen molar-refractivity contribution in [2.24, 2.45) is 17.3 Å². The maximum atomic E-state index is 13.1. The SMILES string of the molecule is CC1C=CC(Cl)=CC1C1(CC#N)CN(c2cccn3nc(Nc4cnn(CC(=O)N5CCC(N6CCN(C)CC6)CC5)c4)nc23)C1. The number of pyridine rings is 1. The molecule has 0 saturated carbocycles. The van der Waals surface area contributed by atoms with Crippen LogP contribution >= 0.6 is 11.6 Å². The molecule has 3 aromatic rings. The lowest BCUT2D eigenvalue weighted by atomic mass is 9.62. The van der Waals surface area contributed by atoms with Crippen LogP contribution in [0.4, 0.5) is 17.3 Å². The van der Waals surface area contributed by atoms with Gasteiger partial charge in [-0.1, -0.05) is 30.7 Å². The molecule has 46 heavy (non-hydrogen) atoms. The molecule has 0 bridgehead atoms. The second-order valence-corrected chi connectivity index (χ2v) is 13.9. The predicted molar refractivity (Wildman–Crippen MR) is 178 cm³/mol. The van der Waals surface area contributed by atoms with Crippen molar-refractivity contribution < 1.29 is 4.79 Å². The molecule has 3 fully saturated rings. The molecule has 13 heteroatoms. The number of amides is 1. The third kappa shape index (κ3) is 6.11. The van der Waals surface area contributed by atoms with Crippen molar-refractivity contribution in [3.05, 3.63) is 54.0 Å². The van der Waals surface area contributed by atoms with Crippen LogP contribution in [0, 0.1) is 28.6 Å². The summed E-state index contributed by atoms with van der Waals surface area (Å²) in [7, 11) is 2.18. The smallest absolute Gasteiger partial charge is 0.247 e. The summed E-state index contributed by atoms with van der Waals surface area (Å²) in [5.74, 6) is 1.07. The summed E-state index contributed by atoms with van der Waals surface area (Å²) in [6, 6.07) is 7.02. The summed E-state index contributed by atoms with van der Waals surface area (Å²) in [5, 5.41) is 22.8. The van der Waals surface area contributed by atoms with Crippen LogP contribution in [-0.4, -0.2) is 110 Å².